The highest BCUT2D eigenvalue weighted by molar-refractivity contribution is 5.79. The van der Waals surface area contributed by atoms with E-state index in [4.69, 9.17) is 0 Å². The zero-order valence-corrected chi connectivity index (χ0v) is 13.7. The van der Waals surface area contributed by atoms with Crippen molar-refractivity contribution >= 4 is 5.91 Å². The molecule has 0 aromatic carbocycles. The first-order chi connectivity index (χ1) is 10.1. The summed E-state index contributed by atoms with van der Waals surface area (Å²) in [4.78, 5) is 17.4. The molecular weight excluding hydrogens is 262 g/mol. The van der Waals surface area contributed by atoms with Gasteiger partial charge in [-0.05, 0) is 65.3 Å². The van der Waals surface area contributed by atoms with E-state index in [0.29, 0.717) is 36.6 Å². The Morgan fingerprint density at radius 1 is 1.10 bits per heavy atom. The number of likely N-dealkylation sites (tertiary alicyclic amines) is 1. The molecular formula is C17H31N3O. The van der Waals surface area contributed by atoms with Crippen LogP contribution in [0.25, 0.3) is 0 Å². The van der Waals surface area contributed by atoms with Gasteiger partial charge in [0.05, 0.1) is 6.54 Å². The summed E-state index contributed by atoms with van der Waals surface area (Å²) in [5.74, 6) is 0.361. The van der Waals surface area contributed by atoms with E-state index in [1.165, 1.54) is 44.9 Å². The van der Waals surface area contributed by atoms with E-state index < -0.39 is 0 Å². The van der Waals surface area contributed by atoms with Gasteiger partial charge < -0.3 is 10.2 Å². The Labute approximate surface area is 129 Å². The minimum atomic E-state index is 0.361. The fourth-order valence-electron chi connectivity index (χ4n) is 4.15. The van der Waals surface area contributed by atoms with Crippen LogP contribution < -0.4 is 5.32 Å². The summed E-state index contributed by atoms with van der Waals surface area (Å²) < 4.78 is 0. The average Bonchev–Trinajstić information content (AvgIpc) is 3.16. The lowest BCUT2D eigenvalue weighted by molar-refractivity contribution is -0.138. The van der Waals surface area contributed by atoms with Crippen LogP contribution in [-0.2, 0) is 4.79 Å². The Balaban J connectivity index is 1.57. The molecule has 2 saturated heterocycles. The summed E-state index contributed by atoms with van der Waals surface area (Å²) in [6.45, 7) is 7.28. The Bertz CT molecular complexity index is 353. The molecule has 3 aliphatic rings. The Morgan fingerprint density at radius 3 is 2.38 bits per heavy atom. The number of amides is 1. The normalized spacial score (nSPS) is 33.7. The van der Waals surface area contributed by atoms with Crippen molar-refractivity contribution in [1.82, 2.24) is 15.1 Å². The molecule has 3 atom stereocenters. The number of nitrogens with zero attached hydrogens (tertiary/aromatic N) is 2. The summed E-state index contributed by atoms with van der Waals surface area (Å²) in [6, 6.07) is 2.13. The maximum atomic E-state index is 12.8. The minimum absolute atomic E-state index is 0.361. The summed E-state index contributed by atoms with van der Waals surface area (Å²) in [7, 11) is 0. The topological polar surface area (TPSA) is 35.6 Å². The lowest BCUT2D eigenvalue weighted by Crippen LogP contribution is -2.52. The van der Waals surface area contributed by atoms with Crippen LogP contribution in [0.15, 0.2) is 0 Å². The zero-order chi connectivity index (χ0) is 14.8. The van der Waals surface area contributed by atoms with Crippen LogP contribution in [0.2, 0.25) is 0 Å². The van der Waals surface area contributed by atoms with Gasteiger partial charge in [0.1, 0.15) is 0 Å². The summed E-state index contributed by atoms with van der Waals surface area (Å²) in [5, 5.41) is 3.57. The molecule has 21 heavy (non-hydrogen) atoms. The summed E-state index contributed by atoms with van der Waals surface area (Å²) in [5.41, 5.74) is 0. The maximum absolute atomic E-state index is 12.8. The summed E-state index contributed by atoms with van der Waals surface area (Å²) >= 11 is 0. The first-order valence-corrected chi connectivity index (χ1v) is 8.93. The molecule has 120 valence electrons. The van der Waals surface area contributed by atoms with Gasteiger partial charge in [-0.1, -0.05) is 0 Å². The number of hydrogen-bond acceptors (Lipinski definition) is 3. The van der Waals surface area contributed by atoms with Crippen LogP contribution in [0.3, 0.4) is 0 Å². The van der Waals surface area contributed by atoms with Gasteiger partial charge in [-0.15, -0.1) is 0 Å². The largest absolute Gasteiger partial charge is 0.336 e. The molecule has 1 aliphatic carbocycles. The molecule has 0 aromatic heterocycles. The van der Waals surface area contributed by atoms with E-state index in [1.807, 2.05) is 0 Å². The Kier molecular flexibility index (Phi) is 4.85. The lowest BCUT2D eigenvalue weighted by atomic mass is 9.97. The fraction of sp³-hybridized carbons (Fsp3) is 0.941. The number of hydrogen-bond donors (Lipinski definition) is 1. The Morgan fingerprint density at radius 2 is 1.81 bits per heavy atom. The molecule has 2 aliphatic heterocycles. The first kappa shape index (κ1) is 15.3. The van der Waals surface area contributed by atoms with Gasteiger partial charge >= 0.3 is 0 Å². The van der Waals surface area contributed by atoms with Crippen molar-refractivity contribution in [2.75, 3.05) is 19.6 Å². The van der Waals surface area contributed by atoms with E-state index >= 15 is 0 Å². The standard InChI is InChI=1S/C17H31N3O/c1-13-5-3-6-14(2)20(13)17(21)12-19(16-8-9-16)11-15-7-4-10-18-15/h13-16,18H,3-12H2,1-2H3. The van der Waals surface area contributed by atoms with Crippen molar-refractivity contribution in [2.24, 2.45) is 0 Å². The second kappa shape index (κ2) is 6.66. The van der Waals surface area contributed by atoms with Crippen molar-refractivity contribution in [3.63, 3.8) is 0 Å². The predicted octanol–water partition coefficient (Wildman–Crippen LogP) is 1.99. The van der Waals surface area contributed by atoms with Gasteiger partial charge in [0, 0.05) is 30.7 Å². The number of rotatable bonds is 5. The van der Waals surface area contributed by atoms with Gasteiger partial charge in [-0.2, -0.15) is 0 Å². The lowest BCUT2D eigenvalue weighted by Gasteiger charge is -2.40. The molecule has 3 rings (SSSR count). The van der Waals surface area contributed by atoms with Gasteiger partial charge in [0.25, 0.3) is 0 Å². The first-order valence-electron chi connectivity index (χ1n) is 8.93. The van der Waals surface area contributed by atoms with Crippen molar-refractivity contribution in [1.29, 1.82) is 0 Å². The molecule has 1 amide bonds. The summed E-state index contributed by atoms with van der Waals surface area (Å²) in [6.07, 6.45) is 8.74. The van der Waals surface area contributed by atoms with Crippen LogP contribution in [0.5, 0.6) is 0 Å². The van der Waals surface area contributed by atoms with Gasteiger partial charge in [-0.25, -0.2) is 0 Å². The number of carbonyl (C=O) groups is 1. The van der Waals surface area contributed by atoms with Gasteiger partial charge in [-0.3, -0.25) is 9.69 Å². The third-order valence-electron chi connectivity index (χ3n) is 5.50. The molecule has 0 bridgehead atoms. The highest BCUT2D eigenvalue weighted by Crippen LogP contribution is 2.29. The third-order valence-corrected chi connectivity index (χ3v) is 5.50. The third kappa shape index (κ3) is 3.78. The van der Waals surface area contributed by atoms with Crippen molar-refractivity contribution in [3.05, 3.63) is 0 Å². The monoisotopic (exact) mass is 293 g/mol. The molecule has 3 fully saturated rings. The highest BCUT2D eigenvalue weighted by Gasteiger charge is 2.35. The number of piperidine rings is 1. The second-order valence-corrected chi connectivity index (χ2v) is 7.38. The van der Waals surface area contributed by atoms with Crippen LogP contribution in [-0.4, -0.2) is 59.5 Å². The molecule has 0 aromatic rings. The predicted molar refractivity (Wildman–Crippen MR) is 85.2 cm³/mol. The van der Waals surface area contributed by atoms with E-state index in [9.17, 15) is 4.79 Å². The van der Waals surface area contributed by atoms with Crippen molar-refractivity contribution < 1.29 is 4.79 Å². The van der Waals surface area contributed by atoms with Gasteiger partial charge in [0.15, 0.2) is 0 Å². The van der Waals surface area contributed by atoms with E-state index in [2.05, 4.69) is 29.0 Å². The van der Waals surface area contributed by atoms with E-state index in [-0.39, 0.29) is 0 Å². The van der Waals surface area contributed by atoms with Crippen molar-refractivity contribution in [3.8, 4) is 0 Å². The smallest absolute Gasteiger partial charge is 0.237 e. The number of nitrogens with one attached hydrogen (secondary N) is 1. The SMILES string of the molecule is CC1CCCC(C)N1C(=O)CN(CC1CCCN1)C1CC1. The highest BCUT2D eigenvalue weighted by atomic mass is 16.2. The van der Waals surface area contributed by atoms with Crippen LogP contribution in [0.1, 0.15) is 58.8 Å². The van der Waals surface area contributed by atoms with E-state index in [0.717, 1.165) is 13.1 Å². The van der Waals surface area contributed by atoms with Crippen LogP contribution in [0, 0.1) is 0 Å². The molecule has 3 unspecified atom stereocenters. The Hall–Kier alpha value is -0.610. The molecule has 4 nitrogen and oxygen atoms in total. The van der Waals surface area contributed by atoms with Gasteiger partial charge in [0.2, 0.25) is 5.91 Å². The van der Waals surface area contributed by atoms with Crippen LogP contribution >= 0.6 is 0 Å². The zero-order valence-electron chi connectivity index (χ0n) is 13.7. The quantitative estimate of drug-likeness (QED) is 0.842. The molecule has 0 radical (unpaired) electrons. The van der Waals surface area contributed by atoms with Crippen LogP contribution in [0.4, 0.5) is 0 Å². The fourth-order valence-corrected chi connectivity index (χ4v) is 4.15. The second-order valence-electron chi connectivity index (χ2n) is 7.38. The molecule has 4 heteroatoms. The van der Waals surface area contributed by atoms with Crippen molar-refractivity contribution in [2.45, 2.75) is 83.0 Å². The number of carbonyl (C=O) groups excluding carboxylic acids is 1. The molecule has 2 heterocycles. The minimum Gasteiger partial charge on any atom is -0.336 e. The maximum Gasteiger partial charge on any atom is 0.237 e. The molecule has 1 N–H and O–H groups in total. The average molecular weight is 293 g/mol. The molecule has 0 spiro atoms. The molecule has 1 saturated carbocycles. The van der Waals surface area contributed by atoms with E-state index in [1.54, 1.807) is 0 Å².